The van der Waals surface area contributed by atoms with Crippen LogP contribution >= 0.6 is 0 Å². The van der Waals surface area contributed by atoms with Crippen molar-refractivity contribution in [1.29, 1.82) is 0 Å². The van der Waals surface area contributed by atoms with E-state index in [2.05, 4.69) is 10.3 Å². The van der Waals surface area contributed by atoms with Crippen LogP contribution in [0.25, 0.3) is 21.9 Å². The number of halogens is 3. The van der Waals surface area contributed by atoms with Crippen LogP contribution in [0.15, 0.2) is 79.0 Å². The molecule has 0 radical (unpaired) electrons. The van der Waals surface area contributed by atoms with Crippen LogP contribution in [0.3, 0.4) is 0 Å². The van der Waals surface area contributed by atoms with Gasteiger partial charge in [0.15, 0.2) is 0 Å². The van der Waals surface area contributed by atoms with Gasteiger partial charge in [0.2, 0.25) is 5.88 Å². The summed E-state index contributed by atoms with van der Waals surface area (Å²) in [6, 6.07) is 18.7. The number of anilines is 1. The molecule has 2 N–H and O–H groups in total. The van der Waals surface area contributed by atoms with Crippen molar-refractivity contribution in [2.75, 3.05) is 32.1 Å². The third-order valence-corrected chi connectivity index (χ3v) is 7.88. The number of hydrogen-bond acceptors (Lipinski definition) is 5. The molecule has 44 heavy (non-hydrogen) atoms. The van der Waals surface area contributed by atoms with E-state index >= 15 is 0 Å². The molecule has 8 nitrogen and oxygen atoms in total. The molecule has 11 heteroatoms. The number of urea groups is 1. The highest BCUT2D eigenvalue weighted by Gasteiger charge is 2.35. The second-order valence-electron chi connectivity index (χ2n) is 11.1. The van der Waals surface area contributed by atoms with Crippen LogP contribution in [-0.4, -0.2) is 70.7 Å². The van der Waals surface area contributed by atoms with Crippen LogP contribution in [0.4, 0.5) is 23.7 Å². The van der Waals surface area contributed by atoms with Gasteiger partial charge in [-0.15, -0.1) is 0 Å². The number of ether oxygens (including phenoxy) is 1. The number of alkyl halides is 3. The molecule has 1 aliphatic heterocycles. The minimum atomic E-state index is -4.53. The topological polar surface area (TPSA) is 95.0 Å². The highest BCUT2D eigenvalue weighted by molar-refractivity contribution is 6.01. The zero-order valence-electron chi connectivity index (χ0n) is 24.5. The van der Waals surface area contributed by atoms with E-state index in [-0.39, 0.29) is 48.7 Å². The van der Waals surface area contributed by atoms with E-state index in [4.69, 9.17) is 4.74 Å². The lowest BCUT2D eigenvalue weighted by atomic mass is 9.98. The first-order valence-corrected chi connectivity index (χ1v) is 14.2. The van der Waals surface area contributed by atoms with Gasteiger partial charge in [0.05, 0.1) is 30.4 Å². The van der Waals surface area contributed by atoms with Crippen molar-refractivity contribution >= 4 is 28.4 Å². The van der Waals surface area contributed by atoms with E-state index in [1.54, 1.807) is 14.0 Å². The maximum absolute atomic E-state index is 13.7. The minimum absolute atomic E-state index is 0.000257. The number of aliphatic hydroxyl groups excluding tert-OH is 1. The fourth-order valence-electron chi connectivity index (χ4n) is 5.25. The molecule has 1 aliphatic rings. The van der Waals surface area contributed by atoms with Crippen molar-refractivity contribution in [1.82, 2.24) is 14.8 Å². The fraction of sp³-hybridized carbons (Fsp3) is 0.303. The number of nitrogens with one attached hydrogen (secondary N) is 1. The Bertz CT molecular complexity index is 1670. The number of carbonyl (C=O) groups is 2. The summed E-state index contributed by atoms with van der Waals surface area (Å²) in [5.74, 6) is -0.741. The lowest BCUT2D eigenvalue weighted by molar-refractivity contribution is -0.137. The van der Waals surface area contributed by atoms with Gasteiger partial charge in [-0.05, 0) is 42.1 Å². The van der Waals surface area contributed by atoms with Gasteiger partial charge in [0.1, 0.15) is 11.7 Å². The number of benzene rings is 3. The van der Waals surface area contributed by atoms with E-state index in [9.17, 15) is 27.9 Å². The van der Waals surface area contributed by atoms with Gasteiger partial charge in [-0.2, -0.15) is 13.2 Å². The van der Waals surface area contributed by atoms with Crippen molar-refractivity contribution in [3.63, 3.8) is 0 Å². The number of amides is 3. The van der Waals surface area contributed by atoms with Crippen LogP contribution in [0.5, 0.6) is 5.88 Å². The monoisotopic (exact) mass is 606 g/mol. The molecule has 0 aliphatic carbocycles. The summed E-state index contributed by atoms with van der Waals surface area (Å²) < 4.78 is 46.4. The average Bonchev–Trinajstić information content (AvgIpc) is 3.02. The quantitative estimate of drug-likeness (QED) is 0.269. The predicted octanol–water partition coefficient (Wildman–Crippen LogP) is 6.30. The first-order chi connectivity index (χ1) is 21.0. The van der Waals surface area contributed by atoms with E-state index in [0.717, 1.165) is 22.9 Å². The van der Waals surface area contributed by atoms with Gasteiger partial charge >= 0.3 is 12.2 Å². The second-order valence-corrected chi connectivity index (χ2v) is 11.1. The maximum atomic E-state index is 13.7. The van der Waals surface area contributed by atoms with E-state index in [1.807, 2.05) is 49.4 Å². The molecule has 0 saturated heterocycles. The molecule has 0 spiro atoms. The summed E-state index contributed by atoms with van der Waals surface area (Å²) in [5, 5.41) is 14.8. The molecule has 3 atom stereocenters. The summed E-state index contributed by atoms with van der Waals surface area (Å²) in [5.41, 5.74) is 0.439. The van der Waals surface area contributed by atoms with Gasteiger partial charge in [-0.3, -0.25) is 4.79 Å². The van der Waals surface area contributed by atoms with Gasteiger partial charge in [0, 0.05) is 36.7 Å². The lowest BCUT2D eigenvalue weighted by Crippen LogP contribution is -2.50. The fourth-order valence-corrected chi connectivity index (χ4v) is 5.25. The van der Waals surface area contributed by atoms with E-state index in [1.165, 1.54) is 34.2 Å². The van der Waals surface area contributed by atoms with Crippen molar-refractivity contribution in [3.8, 4) is 17.0 Å². The predicted molar refractivity (Wildman–Crippen MR) is 161 cm³/mol. The van der Waals surface area contributed by atoms with Crippen LogP contribution in [-0.2, 0) is 6.18 Å². The van der Waals surface area contributed by atoms with Crippen molar-refractivity contribution in [3.05, 3.63) is 90.1 Å². The Hall–Kier alpha value is -4.64. The largest absolute Gasteiger partial charge is 0.472 e. The number of aliphatic hydroxyl groups is 1. The SMILES string of the molecule is C[C@H](CO)N1C[C@H](C)[C@H](CN(C)C(=O)Nc2cccc3ccccc23)Oc2ncc(-c3cccc(C(F)(F)F)c3)cc2C1=O. The van der Waals surface area contributed by atoms with Crippen molar-refractivity contribution < 1.29 is 32.6 Å². The standard InChI is InChI=1S/C33H33F3N4O4/c1-20-17-40(21(2)19-41)31(42)27-15-24(23-10-6-11-25(14-23)33(34,35)36)16-37-30(27)44-29(20)18-39(3)32(43)38-28-13-7-9-22-8-4-5-12-26(22)28/h4-16,20-21,29,41H,17-19H2,1-3H3,(H,38,43)/t20-,21+,29-/m0/s1. The smallest absolute Gasteiger partial charge is 0.416 e. The molecule has 4 aromatic rings. The number of likely N-dealkylation sites (N-methyl/N-ethyl adjacent to an activating group) is 1. The Morgan fingerprint density at radius 1 is 1.11 bits per heavy atom. The number of hydrogen-bond donors (Lipinski definition) is 2. The summed E-state index contributed by atoms with van der Waals surface area (Å²) in [7, 11) is 1.64. The number of fused-ring (bicyclic) bond motifs is 2. The first kappa shape index (κ1) is 30.8. The lowest BCUT2D eigenvalue weighted by Gasteiger charge is -2.37. The Labute approximate surface area is 253 Å². The zero-order chi connectivity index (χ0) is 31.6. The third-order valence-electron chi connectivity index (χ3n) is 7.88. The highest BCUT2D eigenvalue weighted by atomic mass is 19.4. The zero-order valence-corrected chi connectivity index (χ0v) is 24.5. The molecule has 230 valence electrons. The van der Waals surface area contributed by atoms with Gasteiger partial charge in [-0.25, -0.2) is 9.78 Å². The summed E-state index contributed by atoms with van der Waals surface area (Å²) in [4.78, 5) is 34.4. The van der Waals surface area contributed by atoms with Crippen molar-refractivity contribution in [2.45, 2.75) is 32.2 Å². The Kier molecular flexibility index (Phi) is 8.78. The Balaban J connectivity index is 1.44. The number of rotatable bonds is 6. The Morgan fingerprint density at radius 3 is 2.59 bits per heavy atom. The van der Waals surface area contributed by atoms with Gasteiger partial charge < -0.3 is 25.0 Å². The summed E-state index contributed by atoms with van der Waals surface area (Å²) in [6.45, 7) is 3.64. The second kappa shape index (κ2) is 12.5. The molecule has 0 unspecified atom stereocenters. The molecule has 5 rings (SSSR count). The van der Waals surface area contributed by atoms with Crippen LogP contribution in [0.1, 0.15) is 29.8 Å². The van der Waals surface area contributed by atoms with E-state index < -0.39 is 29.8 Å². The maximum Gasteiger partial charge on any atom is 0.416 e. The number of aromatic nitrogens is 1. The minimum Gasteiger partial charge on any atom is -0.472 e. The molecule has 0 bridgehead atoms. The molecule has 0 fully saturated rings. The molecular formula is C33H33F3N4O4. The first-order valence-electron chi connectivity index (χ1n) is 14.2. The van der Waals surface area contributed by atoms with Crippen LogP contribution in [0.2, 0.25) is 0 Å². The highest BCUT2D eigenvalue weighted by Crippen LogP contribution is 2.34. The number of nitrogens with zero attached hydrogens (tertiary/aromatic N) is 3. The molecule has 3 amide bonds. The molecule has 0 saturated carbocycles. The average molecular weight is 607 g/mol. The molecule has 3 aromatic carbocycles. The summed E-state index contributed by atoms with van der Waals surface area (Å²) in [6.07, 6.45) is -3.78. The van der Waals surface area contributed by atoms with Gasteiger partial charge in [-0.1, -0.05) is 55.5 Å². The molecular weight excluding hydrogens is 573 g/mol. The van der Waals surface area contributed by atoms with Gasteiger partial charge in [0.25, 0.3) is 5.91 Å². The molecule has 2 heterocycles. The third kappa shape index (κ3) is 6.47. The number of pyridine rings is 1. The number of carbonyl (C=O) groups excluding carboxylic acids is 2. The van der Waals surface area contributed by atoms with E-state index in [0.29, 0.717) is 11.3 Å². The normalized spacial score (nSPS) is 17.7. The summed E-state index contributed by atoms with van der Waals surface area (Å²) >= 11 is 0. The Morgan fingerprint density at radius 2 is 1.84 bits per heavy atom. The van der Waals surface area contributed by atoms with Crippen LogP contribution in [0, 0.1) is 5.92 Å². The van der Waals surface area contributed by atoms with Crippen LogP contribution < -0.4 is 10.1 Å². The van der Waals surface area contributed by atoms with Crippen molar-refractivity contribution in [2.24, 2.45) is 5.92 Å². The molecule has 1 aromatic heterocycles.